The fraction of sp³-hybridized carbons (Fsp3) is 0. The van der Waals surface area contributed by atoms with Gasteiger partial charge >= 0.3 is 29.6 Å². The van der Waals surface area contributed by atoms with Crippen molar-refractivity contribution in [1.29, 1.82) is 0 Å². The van der Waals surface area contributed by atoms with Gasteiger partial charge in [-0.15, -0.1) is 0 Å². The molecule has 3 nitrogen and oxygen atoms in total. The Morgan fingerprint density at radius 3 is 2.08 bits per heavy atom. The van der Waals surface area contributed by atoms with E-state index in [0.717, 1.165) is 0 Å². The third kappa shape index (κ3) is 3.05. The van der Waals surface area contributed by atoms with E-state index >= 15 is 0 Å². The van der Waals surface area contributed by atoms with Crippen LogP contribution in [0.2, 0.25) is 5.02 Å². The van der Waals surface area contributed by atoms with Crippen LogP contribution in [0.3, 0.4) is 0 Å². The number of rotatable bonds is 1. The van der Waals surface area contributed by atoms with E-state index in [9.17, 15) is 8.42 Å². The van der Waals surface area contributed by atoms with Crippen molar-refractivity contribution >= 4 is 51.2 Å². The van der Waals surface area contributed by atoms with Crippen LogP contribution in [0, 0.1) is 0 Å². The van der Waals surface area contributed by atoms with E-state index in [1.54, 1.807) is 12.1 Å². The molecule has 0 saturated carbocycles. The zero-order valence-corrected chi connectivity index (χ0v) is 7.06. The monoisotopic (exact) mass is 215 g/mol. The molecule has 6 heteroatoms. The first-order chi connectivity index (χ1) is 5.02. The first kappa shape index (κ1) is 12.4. The third-order valence-electron chi connectivity index (χ3n) is 1.14. The number of nitrogens with two attached hydrogens (primary N) is 1. The van der Waals surface area contributed by atoms with Crippen LogP contribution >= 0.6 is 11.6 Å². The summed E-state index contributed by atoms with van der Waals surface area (Å²) in [5, 5.41) is 4.99. The van der Waals surface area contributed by atoms with Crippen molar-refractivity contribution in [3.63, 3.8) is 0 Å². The fourth-order valence-electron chi connectivity index (χ4n) is 0.675. The van der Waals surface area contributed by atoms with Gasteiger partial charge in [-0.25, -0.2) is 13.6 Å². The second-order valence-corrected chi connectivity index (χ2v) is 3.91. The Morgan fingerprint density at radius 1 is 1.25 bits per heavy atom. The Labute approximate surface area is 98.2 Å². The van der Waals surface area contributed by atoms with Crippen LogP contribution in [0.5, 0.6) is 0 Å². The Morgan fingerprint density at radius 2 is 1.75 bits per heavy atom. The number of hydrogen-bond donors (Lipinski definition) is 1. The molecule has 1 rings (SSSR count). The van der Waals surface area contributed by atoms with E-state index in [2.05, 4.69) is 0 Å². The first-order valence-electron chi connectivity index (χ1n) is 2.79. The number of benzene rings is 1. The standard InChI is InChI=1S/C6H6ClNO2S.Na.H/c7-5-3-1-2-4-6(5)11(8,9)10;;/h1-4H,(H2,8,9,10);;. The van der Waals surface area contributed by atoms with Crippen LogP contribution in [0.15, 0.2) is 29.2 Å². The van der Waals surface area contributed by atoms with Gasteiger partial charge in [0.2, 0.25) is 10.0 Å². The Kier molecular flexibility index (Phi) is 4.76. The summed E-state index contributed by atoms with van der Waals surface area (Å²) in [6, 6.07) is 6.03. The second-order valence-electron chi connectivity index (χ2n) is 1.98. The molecule has 0 aliphatic carbocycles. The van der Waals surface area contributed by atoms with Gasteiger partial charge in [0.05, 0.1) is 5.02 Å². The van der Waals surface area contributed by atoms with Crippen molar-refractivity contribution in [2.45, 2.75) is 4.90 Å². The van der Waals surface area contributed by atoms with Crippen LogP contribution in [0.1, 0.15) is 0 Å². The molecule has 0 bridgehead atoms. The summed E-state index contributed by atoms with van der Waals surface area (Å²) in [5.74, 6) is 0. The summed E-state index contributed by atoms with van der Waals surface area (Å²) >= 11 is 5.55. The van der Waals surface area contributed by atoms with Gasteiger partial charge in [0.25, 0.3) is 0 Å². The van der Waals surface area contributed by atoms with Crippen LogP contribution in [-0.2, 0) is 10.0 Å². The molecule has 0 radical (unpaired) electrons. The predicted molar refractivity (Wildman–Crippen MR) is 50.0 cm³/mol. The van der Waals surface area contributed by atoms with Crippen molar-refractivity contribution in [3.05, 3.63) is 29.3 Å². The number of primary sulfonamides is 1. The molecule has 12 heavy (non-hydrogen) atoms. The molecule has 0 atom stereocenters. The van der Waals surface area contributed by atoms with Gasteiger partial charge < -0.3 is 0 Å². The van der Waals surface area contributed by atoms with Gasteiger partial charge in [0.1, 0.15) is 4.90 Å². The Balaban J connectivity index is 0.00000121. The van der Waals surface area contributed by atoms with Crippen molar-refractivity contribution in [3.8, 4) is 0 Å². The van der Waals surface area contributed by atoms with Gasteiger partial charge in [-0.3, -0.25) is 0 Å². The summed E-state index contributed by atoms with van der Waals surface area (Å²) in [5.41, 5.74) is 0. The third-order valence-corrected chi connectivity index (χ3v) is 2.55. The summed E-state index contributed by atoms with van der Waals surface area (Å²) < 4.78 is 21.5. The molecule has 0 heterocycles. The SMILES string of the molecule is NS(=O)(=O)c1ccccc1Cl.[NaH]. The molecule has 0 aromatic heterocycles. The van der Waals surface area contributed by atoms with Crippen LogP contribution in [0.25, 0.3) is 0 Å². The summed E-state index contributed by atoms with van der Waals surface area (Å²) in [6.45, 7) is 0. The van der Waals surface area contributed by atoms with Crippen LogP contribution in [0.4, 0.5) is 0 Å². The quantitative estimate of drug-likeness (QED) is 0.687. The van der Waals surface area contributed by atoms with Gasteiger partial charge in [-0.05, 0) is 12.1 Å². The van der Waals surface area contributed by atoms with E-state index < -0.39 is 10.0 Å². The van der Waals surface area contributed by atoms with Crippen molar-refractivity contribution in [2.24, 2.45) is 5.14 Å². The minimum atomic E-state index is -3.67. The topological polar surface area (TPSA) is 60.2 Å². The maximum atomic E-state index is 10.7. The van der Waals surface area contributed by atoms with E-state index in [4.69, 9.17) is 16.7 Å². The molecule has 0 spiro atoms. The Bertz CT molecular complexity index is 366. The molecule has 1 aromatic carbocycles. The molecular formula is C6H7ClNNaO2S. The average molecular weight is 216 g/mol. The minimum absolute atomic E-state index is 0. The number of hydrogen-bond acceptors (Lipinski definition) is 2. The summed E-state index contributed by atoms with van der Waals surface area (Å²) in [6.07, 6.45) is 0. The van der Waals surface area contributed by atoms with E-state index in [1.807, 2.05) is 0 Å². The molecule has 0 unspecified atom stereocenters. The summed E-state index contributed by atoms with van der Waals surface area (Å²) in [7, 11) is -3.67. The average Bonchev–Trinajstić information content (AvgIpc) is 1.86. The molecule has 0 saturated heterocycles. The van der Waals surface area contributed by atoms with Crippen LogP contribution in [-0.4, -0.2) is 38.0 Å². The van der Waals surface area contributed by atoms with Gasteiger partial charge in [-0.1, -0.05) is 23.7 Å². The van der Waals surface area contributed by atoms with Crippen molar-refractivity contribution < 1.29 is 8.42 Å². The molecular weight excluding hydrogens is 209 g/mol. The predicted octanol–water partition coefficient (Wildman–Crippen LogP) is 0.339. The first-order valence-corrected chi connectivity index (χ1v) is 4.71. The molecule has 0 aliphatic heterocycles. The zero-order chi connectivity index (χ0) is 8.48. The van der Waals surface area contributed by atoms with Crippen molar-refractivity contribution in [2.75, 3.05) is 0 Å². The van der Waals surface area contributed by atoms with Gasteiger partial charge in [-0.2, -0.15) is 0 Å². The van der Waals surface area contributed by atoms with E-state index in [1.165, 1.54) is 12.1 Å². The van der Waals surface area contributed by atoms with Crippen LogP contribution < -0.4 is 5.14 Å². The molecule has 1 aromatic rings. The van der Waals surface area contributed by atoms with Crippen molar-refractivity contribution in [1.82, 2.24) is 0 Å². The maximum absolute atomic E-state index is 10.7. The zero-order valence-electron chi connectivity index (χ0n) is 5.49. The molecule has 0 aliphatic rings. The van der Waals surface area contributed by atoms with Gasteiger partial charge in [0.15, 0.2) is 0 Å². The van der Waals surface area contributed by atoms with E-state index in [-0.39, 0.29) is 39.5 Å². The second kappa shape index (κ2) is 4.60. The molecule has 0 amide bonds. The summed E-state index contributed by atoms with van der Waals surface area (Å²) in [4.78, 5) is -0.0401. The molecule has 0 fully saturated rings. The molecule has 62 valence electrons. The van der Waals surface area contributed by atoms with Gasteiger partial charge in [0, 0.05) is 0 Å². The molecule has 2 N–H and O–H groups in total. The number of halogens is 1. The normalized spacial score (nSPS) is 10.5. The Hall–Kier alpha value is 0.420. The fourth-order valence-corrected chi connectivity index (χ4v) is 1.74. The number of sulfonamides is 1. The van der Waals surface area contributed by atoms with E-state index in [0.29, 0.717) is 0 Å².